The summed E-state index contributed by atoms with van der Waals surface area (Å²) < 4.78 is 0. The monoisotopic (exact) mass is 221 g/mol. The Morgan fingerprint density at radius 1 is 1.50 bits per heavy atom. The smallest absolute Gasteiger partial charge is 0.223 e. The molecule has 0 aliphatic carbocycles. The molecule has 4 heteroatoms. The summed E-state index contributed by atoms with van der Waals surface area (Å²) in [7, 11) is 0. The molecule has 3 N–H and O–H groups in total. The lowest BCUT2D eigenvalue weighted by molar-refractivity contribution is -0.125. The number of phenols is 1. The molecule has 1 rings (SSSR count). The Hall–Kier alpha value is -1.84. The Kier molecular flexibility index (Phi) is 3.32. The topological polar surface area (TPSA) is 80.4 Å². The van der Waals surface area contributed by atoms with Gasteiger partial charge in [0.1, 0.15) is 5.75 Å². The first-order chi connectivity index (χ1) is 7.38. The minimum Gasteiger partial charge on any atom is -0.507 e. The molecule has 4 nitrogen and oxygen atoms in total. The summed E-state index contributed by atoms with van der Waals surface area (Å²) in [5.74, 6) is -0.513. The van der Waals surface area contributed by atoms with Crippen LogP contribution in [0.5, 0.6) is 5.75 Å². The summed E-state index contributed by atoms with van der Waals surface area (Å²) in [4.78, 5) is 22.0. The van der Waals surface area contributed by atoms with Crippen LogP contribution in [0.1, 0.15) is 29.8 Å². The van der Waals surface area contributed by atoms with Crippen LogP contribution >= 0.6 is 0 Å². The number of nitrogens with two attached hydrogens (primary N) is 1. The van der Waals surface area contributed by atoms with Gasteiger partial charge in [0.05, 0.1) is 5.56 Å². The van der Waals surface area contributed by atoms with Crippen LogP contribution in [0.25, 0.3) is 0 Å². The van der Waals surface area contributed by atoms with E-state index in [1.165, 1.54) is 6.07 Å². The minimum absolute atomic E-state index is 0.0761. The number of aldehydes is 1. The third kappa shape index (κ3) is 2.39. The zero-order valence-corrected chi connectivity index (χ0v) is 9.36. The molecular weight excluding hydrogens is 206 g/mol. The van der Waals surface area contributed by atoms with Crippen molar-refractivity contribution in [3.63, 3.8) is 0 Å². The van der Waals surface area contributed by atoms with Gasteiger partial charge in [-0.05, 0) is 18.1 Å². The summed E-state index contributed by atoms with van der Waals surface area (Å²) in [6.45, 7) is 3.40. The van der Waals surface area contributed by atoms with Crippen LogP contribution in [-0.4, -0.2) is 17.3 Å². The number of hydrogen-bond acceptors (Lipinski definition) is 3. The molecule has 0 saturated heterocycles. The lowest BCUT2D eigenvalue weighted by Crippen LogP contribution is -2.33. The molecule has 1 aromatic rings. The third-order valence-electron chi connectivity index (χ3n) is 2.59. The molecule has 0 bridgehead atoms. The van der Waals surface area contributed by atoms with E-state index in [1.807, 2.05) is 0 Å². The van der Waals surface area contributed by atoms with Crippen LogP contribution in [0.15, 0.2) is 18.2 Å². The average Bonchev–Trinajstić information content (AvgIpc) is 2.17. The fourth-order valence-electron chi connectivity index (χ4n) is 1.45. The lowest BCUT2D eigenvalue weighted by atomic mass is 9.83. The normalized spacial score (nSPS) is 11.1. The predicted octanol–water partition coefficient (Wildman–Crippen LogP) is 1.26. The van der Waals surface area contributed by atoms with Gasteiger partial charge in [0.15, 0.2) is 6.29 Å². The van der Waals surface area contributed by atoms with E-state index in [4.69, 9.17) is 5.73 Å². The Bertz CT molecular complexity index is 424. The van der Waals surface area contributed by atoms with E-state index < -0.39 is 11.3 Å². The average molecular weight is 221 g/mol. The van der Waals surface area contributed by atoms with Crippen LogP contribution in [0.2, 0.25) is 0 Å². The summed E-state index contributed by atoms with van der Waals surface area (Å²) >= 11 is 0. The molecule has 0 atom stereocenters. The summed E-state index contributed by atoms with van der Waals surface area (Å²) in [6.07, 6.45) is 0.909. The second-order valence-corrected chi connectivity index (χ2v) is 4.39. The molecule has 0 aliphatic heterocycles. The van der Waals surface area contributed by atoms with E-state index in [0.717, 1.165) is 0 Å². The van der Waals surface area contributed by atoms with Crippen molar-refractivity contribution in [3.05, 3.63) is 29.3 Å². The minimum atomic E-state index is -0.744. The highest BCUT2D eigenvalue weighted by molar-refractivity contribution is 5.83. The zero-order chi connectivity index (χ0) is 12.3. The molecule has 1 aromatic carbocycles. The highest BCUT2D eigenvalue weighted by atomic mass is 16.3. The van der Waals surface area contributed by atoms with Crippen molar-refractivity contribution in [2.24, 2.45) is 11.1 Å². The number of rotatable bonds is 4. The van der Waals surface area contributed by atoms with Crippen molar-refractivity contribution in [1.82, 2.24) is 0 Å². The van der Waals surface area contributed by atoms with Gasteiger partial charge in [0.25, 0.3) is 0 Å². The van der Waals surface area contributed by atoms with Crippen molar-refractivity contribution in [2.75, 3.05) is 0 Å². The molecular formula is C12H15NO3. The van der Waals surface area contributed by atoms with Gasteiger partial charge >= 0.3 is 0 Å². The lowest BCUT2D eigenvalue weighted by Gasteiger charge is -2.21. The first kappa shape index (κ1) is 12.2. The molecule has 0 radical (unpaired) electrons. The predicted molar refractivity (Wildman–Crippen MR) is 60.2 cm³/mol. The van der Waals surface area contributed by atoms with Crippen molar-refractivity contribution < 1.29 is 14.7 Å². The Morgan fingerprint density at radius 3 is 2.62 bits per heavy atom. The molecule has 0 fully saturated rings. The van der Waals surface area contributed by atoms with Crippen molar-refractivity contribution in [2.45, 2.75) is 20.3 Å². The summed E-state index contributed by atoms with van der Waals surface area (Å²) in [5, 5.41) is 9.48. The van der Waals surface area contributed by atoms with Crippen LogP contribution in [0, 0.1) is 5.41 Å². The Labute approximate surface area is 94.1 Å². The highest BCUT2D eigenvalue weighted by Crippen LogP contribution is 2.26. The fourth-order valence-corrected chi connectivity index (χ4v) is 1.45. The number of carbonyl (C=O) groups is 2. The standard InChI is InChI=1S/C12H15NO3/c1-12(2,11(13)16)6-8-4-3-5-10(15)9(8)7-14/h3-5,7,15H,6H2,1-2H3,(H2,13,16). The van der Waals surface area contributed by atoms with Crippen LogP contribution in [0.3, 0.4) is 0 Å². The summed E-state index contributed by atoms with van der Waals surface area (Å²) in [6, 6.07) is 4.77. The molecule has 0 heterocycles. The van der Waals surface area contributed by atoms with E-state index in [0.29, 0.717) is 18.3 Å². The van der Waals surface area contributed by atoms with Gasteiger partial charge in [-0.3, -0.25) is 9.59 Å². The van der Waals surface area contributed by atoms with E-state index >= 15 is 0 Å². The summed E-state index contributed by atoms with van der Waals surface area (Å²) in [5.41, 5.74) is 5.36. The van der Waals surface area contributed by atoms with Gasteiger partial charge in [-0.15, -0.1) is 0 Å². The van der Waals surface area contributed by atoms with Gasteiger partial charge in [-0.1, -0.05) is 26.0 Å². The first-order valence-corrected chi connectivity index (χ1v) is 4.94. The molecule has 16 heavy (non-hydrogen) atoms. The van der Waals surface area contributed by atoms with E-state index in [1.54, 1.807) is 26.0 Å². The van der Waals surface area contributed by atoms with Crippen LogP contribution < -0.4 is 5.73 Å². The fraction of sp³-hybridized carbons (Fsp3) is 0.333. The van der Waals surface area contributed by atoms with E-state index in [9.17, 15) is 14.7 Å². The maximum absolute atomic E-state index is 11.2. The number of hydrogen-bond donors (Lipinski definition) is 2. The van der Waals surface area contributed by atoms with Crippen molar-refractivity contribution >= 4 is 12.2 Å². The third-order valence-corrected chi connectivity index (χ3v) is 2.59. The largest absolute Gasteiger partial charge is 0.507 e. The van der Waals surface area contributed by atoms with Crippen molar-refractivity contribution in [1.29, 1.82) is 0 Å². The van der Waals surface area contributed by atoms with Gasteiger partial charge in [-0.2, -0.15) is 0 Å². The number of phenolic OH excluding ortho intramolecular Hbond substituents is 1. The second kappa shape index (κ2) is 4.35. The van der Waals surface area contributed by atoms with E-state index in [2.05, 4.69) is 0 Å². The Morgan fingerprint density at radius 2 is 2.12 bits per heavy atom. The number of amides is 1. The number of primary amides is 1. The maximum Gasteiger partial charge on any atom is 0.223 e. The van der Waals surface area contributed by atoms with Crippen LogP contribution in [-0.2, 0) is 11.2 Å². The van der Waals surface area contributed by atoms with Gasteiger partial charge in [0, 0.05) is 5.41 Å². The molecule has 0 spiro atoms. The molecule has 86 valence electrons. The quantitative estimate of drug-likeness (QED) is 0.751. The number of aromatic hydroxyl groups is 1. The van der Waals surface area contributed by atoms with Gasteiger partial charge in [0.2, 0.25) is 5.91 Å². The molecule has 0 aromatic heterocycles. The SMILES string of the molecule is CC(C)(Cc1cccc(O)c1C=O)C(N)=O. The second-order valence-electron chi connectivity index (χ2n) is 4.39. The first-order valence-electron chi connectivity index (χ1n) is 4.94. The number of benzene rings is 1. The highest BCUT2D eigenvalue weighted by Gasteiger charge is 2.26. The zero-order valence-electron chi connectivity index (χ0n) is 9.36. The van der Waals surface area contributed by atoms with Gasteiger partial charge in [-0.25, -0.2) is 0 Å². The van der Waals surface area contributed by atoms with Crippen molar-refractivity contribution in [3.8, 4) is 5.75 Å². The molecule has 1 amide bonds. The van der Waals surface area contributed by atoms with E-state index in [-0.39, 0.29) is 11.3 Å². The molecule has 0 aliphatic rings. The maximum atomic E-state index is 11.2. The van der Waals surface area contributed by atoms with Crippen LogP contribution in [0.4, 0.5) is 0 Å². The Balaban J connectivity index is 3.11. The van der Waals surface area contributed by atoms with Gasteiger partial charge < -0.3 is 10.8 Å². The molecule has 0 saturated carbocycles. The number of carbonyl (C=O) groups excluding carboxylic acids is 2. The molecule has 0 unspecified atom stereocenters.